The molecule has 0 saturated heterocycles. The van der Waals surface area contributed by atoms with Gasteiger partial charge in [0.15, 0.2) is 5.17 Å². The maximum absolute atomic E-state index is 8.46. The zero-order valence-corrected chi connectivity index (χ0v) is 7.58. The number of fused-ring (bicyclic) bond motifs is 1. The fourth-order valence-electron chi connectivity index (χ4n) is 1.37. The highest BCUT2D eigenvalue weighted by Crippen LogP contribution is 2.26. The van der Waals surface area contributed by atoms with E-state index in [4.69, 9.17) is 21.5 Å². The van der Waals surface area contributed by atoms with Crippen molar-refractivity contribution >= 4 is 16.8 Å². The van der Waals surface area contributed by atoms with E-state index in [0.29, 0.717) is 12.2 Å². The monoisotopic (exact) mass is 197 g/mol. The molecule has 0 atom stereocenters. The summed E-state index contributed by atoms with van der Waals surface area (Å²) in [4.78, 5) is 0. The molecular formula is C9H8ClNO2. The van der Waals surface area contributed by atoms with Crippen LogP contribution in [0.4, 0.5) is 0 Å². The molecule has 0 radical (unpaired) electrons. The van der Waals surface area contributed by atoms with Gasteiger partial charge in [0.05, 0.1) is 6.61 Å². The van der Waals surface area contributed by atoms with Crippen molar-refractivity contribution in [3.8, 4) is 5.75 Å². The molecule has 0 fully saturated rings. The Morgan fingerprint density at radius 1 is 1.54 bits per heavy atom. The SMILES string of the molecule is ON=C(Cl)c1ccc2c(c1)CCO2. The summed E-state index contributed by atoms with van der Waals surface area (Å²) < 4.78 is 5.32. The highest BCUT2D eigenvalue weighted by molar-refractivity contribution is 6.69. The Hall–Kier alpha value is -1.22. The molecular weight excluding hydrogens is 190 g/mol. The summed E-state index contributed by atoms with van der Waals surface area (Å²) in [5.74, 6) is 0.895. The van der Waals surface area contributed by atoms with Gasteiger partial charge in [-0.1, -0.05) is 16.8 Å². The fourth-order valence-corrected chi connectivity index (χ4v) is 1.49. The molecule has 4 heteroatoms. The molecule has 68 valence electrons. The van der Waals surface area contributed by atoms with Crippen LogP contribution in [0.25, 0.3) is 0 Å². The third kappa shape index (κ3) is 1.47. The van der Waals surface area contributed by atoms with E-state index >= 15 is 0 Å². The Bertz CT molecular complexity index is 363. The van der Waals surface area contributed by atoms with Crippen molar-refractivity contribution in [2.75, 3.05) is 6.61 Å². The second-order valence-electron chi connectivity index (χ2n) is 2.81. The molecule has 0 amide bonds. The van der Waals surface area contributed by atoms with Crippen LogP contribution in [-0.4, -0.2) is 17.0 Å². The standard InChI is InChI=1S/C9H8ClNO2/c10-9(11-12)7-1-2-8-6(5-7)3-4-13-8/h1-2,5,12H,3-4H2. The number of hydrogen-bond acceptors (Lipinski definition) is 3. The van der Waals surface area contributed by atoms with Crippen molar-refractivity contribution in [2.45, 2.75) is 6.42 Å². The first-order chi connectivity index (χ1) is 6.31. The molecule has 1 aromatic rings. The highest BCUT2D eigenvalue weighted by Gasteiger charge is 2.13. The van der Waals surface area contributed by atoms with E-state index < -0.39 is 0 Å². The first-order valence-electron chi connectivity index (χ1n) is 3.95. The summed E-state index contributed by atoms with van der Waals surface area (Å²) in [7, 11) is 0. The Kier molecular flexibility index (Phi) is 2.10. The van der Waals surface area contributed by atoms with Gasteiger partial charge in [-0.15, -0.1) is 0 Å². The molecule has 0 aromatic heterocycles. The zero-order valence-electron chi connectivity index (χ0n) is 6.83. The van der Waals surface area contributed by atoms with E-state index in [0.717, 1.165) is 17.7 Å². The van der Waals surface area contributed by atoms with E-state index in [1.165, 1.54) is 0 Å². The molecule has 3 nitrogen and oxygen atoms in total. The molecule has 0 saturated carbocycles. The predicted octanol–water partition coefficient (Wildman–Crippen LogP) is 2.00. The number of hydrogen-bond donors (Lipinski definition) is 1. The second-order valence-corrected chi connectivity index (χ2v) is 3.17. The van der Waals surface area contributed by atoms with Crippen molar-refractivity contribution < 1.29 is 9.94 Å². The van der Waals surface area contributed by atoms with Crippen molar-refractivity contribution in [3.05, 3.63) is 29.3 Å². The maximum Gasteiger partial charge on any atom is 0.175 e. The Labute approximate surface area is 80.6 Å². The minimum atomic E-state index is 0.106. The molecule has 1 N–H and O–H groups in total. The minimum absolute atomic E-state index is 0.106. The predicted molar refractivity (Wildman–Crippen MR) is 49.8 cm³/mol. The lowest BCUT2D eigenvalue weighted by Crippen LogP contribution is -1.91. The third-order valence-corrected chi connectivity index (χ3v) is 2.31. The van der Waals surface area contributed by atoms with Gasteiger partial charge in [0.25, 0.3) is 0 Å². The Morgan fingerprint density at radius 2 is 2.38 bits per heavy atom. The lowest BCUT2D eigenvalue weighted by atomic mass is 10.1. The molecule has 1 aliphatic rings. The average molecular weight is 198 g/mol. The van der Waals surface area contributed by atoms with Crippen LogP contribution in [0.2, 0.25) is 0 Å². The second kappa shape index (κ2) is 3.26. The van der Waals surface area contributed by atoms with Crippen LogP contribution in [0.1, 0.15) is 11.1 Å². The van der Waals surface area contributed by atoms with Gasteiger partial charge in [0, 0.05) is 12.0 Å². The van der Waals surface area contributed by atoms with Crippen LogP contribution in [0.3, 0.4) is 0 Å². The number of oxime groups is 1. The van der Waals surface area contributed by atoms with Gasteiger partial charge in [-0.05, 0) is 23.8 Å². The number of ether oxygens (including phenoxy) is 1. The largest absolute Gasteiger partial charge is 0.493 e. The first-order valence-corrected chi connectivity index (χ1v) is 4.32. The van der Waals surface area contributed by atoms with Crippen LogP contribution in [0, 0.1) is 0 Å². The first kappa shape index (κ1) is 8.38. The number of rotatable bonds is 1. The van der Waals surface area contributed by atoms with E-state index in [9.17, 15) is 0 Å². The molecule has 13 heavy (non-hydrogen) atoms. The number of benzene rings is 1. The van der Waals surface area contributed by atoms with Gasteiger partial charge in [-0.25, -0.2) is 0 Å². The normalized spacial score (nSPS) is 15.3. The third-order valence-electron chi connectivity index (χ3n) is 2.02. The summed E-state index contributed by atoms with van der Waals surface area (Å²) in [5.41, 5.74) is 1.83. The van der Waals surface area contributed by atoms with E-state index in [2.05, 4.69) is 5.16 Å². The van der Waals surface area contributed by atoms with Crippen molar-refractivity contribution in [1.29, 1.82) is 0 Å². The number of nitrogens with zero attached hydrogens (tertiary/aromatic N) is 1. The average Bonchev–Trinajstić information content (AvgIpc) is 2.63. The quantitative estimate of drug-likeness (QED) is 0.425. The fraction of sp³-hybridized carbons (Fsp3) is 0.222. The molecule has 1 aromatic carbocycles. The van der Waals surface area contributed by atoms with Crippen LogP contribution in [-0.2, 0) is 6.42 Å². The summed E-state index contributed by atoms with van der Waals surface area (Å²) in [6.07, 6.45) is 0.888. The molecule has 0 spiro atoms. The molecule has 0 aliphatic carbocycles. The van der Waals surface area contributed by atoms with Crippen molar-refractivity contribution in [1.82, 2.24) is 0 Å². The van der Waals surface area contributed by atoms with E-state index in [-0.39, 0.29) is 5.17 Å². The summed E-state index contributed by atoms with van der Waals surface area (Å²) >= 11 is 5.65. The van der Waals surface area contributed by atoms with Crippen LogP contribution < -0.4 is 4.74 Å². The molecule has 1 aliphatic heterocycles. The highest BCUT2D eigenvalue weighted by atomic mass is 35.5. The lowest BCUT2D eigenvalue weighted by molar-refractivity contribution is 0.321. The summed E-state index contributed by atoms with van der Waals surface area (Å²) in [5, 5.41) is 11.5. The van der Waals surface area contributed by atoms with Crippen molar-refractivity contribution in [2.24, 2.45) is 5.16 Å². The zero-order chi connectivity index (χ0) is 9.26. The Morgan fingerprint density at radius 3 is 3.15 bits per heavy atom. The van der Waals surface area contributed by atoms with Gasteiger partial charge < -0.3 is 9.94 Å². The van der Waals surface area contributed by atoms with Gasteiger partial charge in [-0.3, -0.25) is 0 Å². The lowest BCUT2D eigenvalue weighted by Gasteiger charge is -2.00. The molecule has 0 bridgehead atoms. The van der Waals surface area contributed by atoms with Crippen LogP contribution in [0.15, 0.2) is 23.4 Å². The molecule has 2 rings (SSSR count). The summed E-state index contributed by atoms with van der Waals surface area (Å²) in [6, 6.07) is 5.49. The molecule has 0 unspecified atom stereocenters. The van der Waals surface area contributed by atoms with Crippen LogP contribution in [0.5, 0.6) is 5.75 Å². The smallest absolute Gasteiger partial charge is 0.175 e. The Balaban J connectivity index is 2.41. The number of halogens is 1. The molecule has 1 heterocycles. The van der Waals surface area contributed by atoms with Gasteiger partial charge in [0.2, 0.25) is 0 Å². The minimum Gasteiger partial charge on any atom is -0.493 e. The van der Waals surface area contributed by atoms with E-state index in [1.54, 1.807) is 6.07 Å². The topological polar surface area (TPSA) is 41.8 Å². The van der Waals surface area contributed by atoms with Gasteiger partial charge in [0.1, 0.15) is 5.75 Å². The summed E-state index contributed by atoms with van der Waals surface area (Å²) in [6.45, 7) is 0.715. The van der Waals surface area contributed by atoms with Gasteiger partial charge in [-0.2, -0.15) is 0 Å². The maximum atomic E-state index is 8.46. The van der Waals surface area contributed by atoms with Gasteiger partial charge >= 0.3 is 0 Å². The van der Waals surface area contributed by atoms with E-state index in [1.807, 2.05) is 12.1 Å². The van der Waals surface area contributed by atoms with Crippen LogP contribution >= 0.6 is 11.6 Å². The van der Waals surface area contributed by atoms with Crippen molar-refractivity contribution in [3.63, 3.8) is 0 Å².